The van der Waals surface area contributed by atoms with E-state index >= 15 is 0 Å². The Bertz CT molecular complexity index is 187. The molecule has 0 aromatic carbocycles. The second kappa shape index (κ2) is 2.92. The third kappa shape index (κ3) is 1.59. The van der Waals surface area contributed by atoms with Gasteiger partial charge in [0.1, 0.15) is 12.2 Å². The normalized spacial score (nSPS) is 48.9. The van der Waals surface area contributed by atoms with Crippen LogP contribution in [0.2, 0.25) is 0 Å². The van der Waals surface area contributed by atoms with Crippen molar-refractivity contribution in [1.82, 2.24) is 5.32 Å². The molecule has 2 fully saturated rings. The van der Waals surface area contributed by atoms with Crippen molar-refractivity contribution in [3.05, 3.63) is 0 Å². The molecule has 4 nitrogen and oxygen atoms in total. The van der Waals surface area contributed by atoms with Gasteiger partial charge in [0.05, 0.1) is 6.10 Å². The first-order valence-electron chi connectivity index (χ1n) is 4.77. The van der Waals surface area contributed by atoms with E-state index in [0.717, 1.165) is 0 Å². The van der Waals surface area contributed by atoms with Crippen molar-refractivity contribution < 1.29 is 14.6 Å². The van der Waals surface area contributed by atoms with E-state index in [2.05, 4.69) is 5.32 Å². The van der Waals surface area contributed by atoms with Crippen LogP contribution in [0, 0.1) is 0 Å². The zero-order valence-corrected chi connectivity index (χ0v) is 8.28. The van der Waals surface area contributed by atoms with Crippen molar-refractivity contribution in [2.75, 3.05) is 6.54 Å². The first-order valence-corrected chi connectivity index (χ1v) is 4.77. The van der Waals surface area contributed by atoms with Crippen LogP contribution in [0.4, 0.5) is 0 Å². The summed E-state index contributed by atoms with van der Waals surface area (Å²) in [7, 11) is 0. The van der Waals surface area contributed by atoms with Gasteiger partial charge < -0.3 is 19.9 Å². The van der Waals surface area contributed by atoms with Crippen LogP contribution in [0.1, 0.15) is 20.8 Å². The second-order valence-corrected chi connectivity index (χ2v) is 4.33. The number of aliphatic hydroxyl groups is 1. The van der Waals surface area contributed by atoms with Crippen molar-refractivity contribution in [2.24, 2.45) is 0 Å². The van der Waals surface area contributed by atoms with E-state index in [-0.39, 0.29) is 18.2 Å². The Kier molecular flexibility index (Phi) is 2.11. The highest BCUT2D eigenvalue weighted by molar-refractivity contribution is 4.96. The number of hydrogen-bond acceptors (Lipinski definition) is 4. The van der Waals surface area contributed by atoms with E-state index < -0.39 is 11.9 Å². The van der Waals surface area contributed by atoms with Crippen LogP contribution >= 0.6 is 0 Å². The lowest BCUT2D eigenvalue weighted by Gasteiger charge is -2.33. The molecule has 13 heavy (non-hydrogen) atoms. The van der Waals surface area contributed by atoms with Crippen molar-refractivity contribution in [2.45, 2.75) is 50.9 Å². The lowest BCUT2D eigenvalue weighted by Crippen LogP contribution is -2.57. The lowest BCUT2D eigenvalue weighted by atomic mass is 9.98. The minimum atomic E-state index is -0.559. The molecule has 4 atom stereocenters. The highest BCUT2D eigenvalue weighted by Gasteiger charge is 2.49. The number of fused-ring (bicyclic) bond motifs is 1. The molecular weight excluding hydrogens is 170 g/mol. The minimum absolute atomic E-state index is 0.0289. The summed E-state index contributed by atoms with van der Waals surface area (Å²) in [6.45, 7) is 6.39. The average molecular weight is 187 g/mol. The van der Waals surface area contributed by atoms with Gasteiger partial charge in [0.2, 0.25) is 0 Å². The van der Waals surface area contributed by atoms with E-state index in [9.17, 15) is 5.11 Å². The molecular formula is C9H17NO3. The molecule has 2 aliphatic heterocycles. The van der Waals surface area contributed by atoms with Gasteiger partial charge in [-0.25, -0.2) is 0 Å². The topological polar surface area (TPSA) is 50.7 Å². The predicted molar refractivity (Wildman–Crippen MR) is 47.3 cm³/mol. The van der Waals surface area contributed by atoms with Crippen molar-refractivity contribution in [1.29, 1.82) is 0 Å². The van der Waals surface area contributed by atoms with E-state index in [1.54, 1.807) is 0 Å². The second-order valence-electron chi connectivity index (χ2n) is 4.33. The summed E-state index contributed by atoms with van der Waals surface area (Å²) in [5, 5.41) is 12.8. The predicted octanol–water partition coefficient (Wildman–Crippen LogP) is -0.141. The van der Waals surface area contributed by atoms with Gasteiger partial charge in [-0.2, -0.15) is 0 Å². The van der Waals surface area contributed by atoms with Crippen molar-refractivity contribution >= 4 is 0 Å². The third-order valence-corrected chi connectivity index (χ3v) is 2.68. The van der Waals surface area contributed by atoms with Crippen LogP contribution in [-0.4, -0.2) is 41.8 Å². The molecule has 0 spiro atoms. The fourth-order valence-electron chi connectivity index (χ4n) is 2.04. The van der Waals surface area contributed by atoms with Gasteiger partial charge >= 0.3 is 0 Å². The minimum Gasteiger partial charge on any atom is -0.389 e. The van der Waals surface area contributed by atoms with E-state index in [4.69, 9.17) is 9.47 Å². The molecule has 76 valence electrons. The molecule has 0 aliphatic carbocycles. The molecule has 2 aliphatic rings. The molecule has 0 amide bonds. The Morgan fingerprint density at radius 3 is 2.54 bits per heavy atom. The molecule has 0 saturated carbocycles. The smallest absolute Gasteiger partial charge is 0.163 e. The molecule has 4 unspecified atom stereocenters. The number of aliphatic hydroxyl groups excluding tert-OH is 1. The number of hydrogen-bond donors (Lipinski definition) is 2. The van der Waals surface area contributed by atoms with Gasteiger partial charge in [-0.1, -0.05) is 0 Å². The molecule has 2 N–H and O–H groups in total. The lowest BCUT2D eigenvalue weighted by molar-refractivity contribution is -0.153. The maximum Gasteiger partial charge on any atom is 0.163 e. The first kappa shape index (κ1) is 9.40. The molecule has 2 rings (SSSR count). The number of piperidine rings is 1. The fraction of sp³-hybridized carbons (Fsp3) is 1.00. The van der Waals surface area contributed by atoms with Gasteiger partial charge in [0, 0.05) is 12.6 Å². The molecule has 0 aromatic heterocycles. The van der Waals surface area contributed by atoms with Crippen LogP contribution in [-0.2, 0) is 9.47 Å². The first-order chi connectivity index (χ1) is 5.99. The van der Waals surface area contributed by atoms with Crippen LogP contribution in [0.5, 0.6) is 0 Å². The fourth-order valence-corrected chi connectivity index (χ4v) is 2.04. The Morgan fingerprint density at radius 2 is 1.92 bits per heavy atom. The summed E-state index contributed by atoms with van der Waals surface area (Å²) in [6.07, 6.45) is -0.659. The van der Waals surface area contributed by atoms with Crippen LogP contribution < -0.4 is 5.32 Å². The average Bonchev–Trinajstić information content (AvgIpc) is 2.35. The maximum atomic E-state index is 9.66. The summed E-state index contributed by atoms with van der Waals surface area (Å²) < 4.78 is 11.3. The quantitative estimate of drug-likeness (QED) is 0.554. The number of nitrogens with one attached hydrogen (secondary N) is 1. The summed E-state index contributed by atoms with van der Waals surface area (Å²) in [4.78, 5) is 0. The standard InChI is InChI=1S/C9H17NO3/c1-5-7-8(6(11)4-10-5)13-9(2,3)12-7/h5-8,10-11H,4H2,1-3H3. The highest BCUT2D eigenvalue weighted by atomic mass is 16.8. The van der Waals surface area contributed by atoms with E-state index in [1.165, 1.54) is 0 Å². The van der Waals surface area contributed by atoms with E-state index in [0.29, 0.717) is 6.54 Å². The number of β-amino-alcohol motifs (C(OH)–C–C–N with tert-alkyl or cyclic N) is 1. The van der Waals surface area contributed by atoms with Gasteiger partial charge in [0.15, 0.2) is 5.79 Å². The molecule has 2 saturated heterocycles. The SMILES string of the molecule is CC1NCC(O)C2OC(C)(C)OC12. The van der Waals surface area contributed by atoms with Crippen LogP contribution in [0.15, 0.2) is 0 Å². The van der Waals surface area contributed by atoms with Crippen molar-refractivity contribution in [3.8, 4) is 0 Å². The summed E-state index contributed by atoms with van der Waals surface area (Å²) in [6, 6.07) is 0.246. The monoisotopic (exact) mass is 187 g/mol. The third-order valence-electron chi connectivity index (χ3n) is 2.68. The molecule has 0 radical (unpaired) electrons. The maximum absolute atomic E-state index is 9.66. The Hall–Kier alpha value is -0.160. The molecule has 2 heterocycles. The molecule has 0 aromatic rings. The summed E-state index contributed by atoms with van der Waals surface area (Å²) >= 11 is 0. The largest absolute Gasteiger partial charge is 0.389 e. The summed E-state index contributed by atoms with van der Waals surface area (Å²) in [5.74, 6) is -0.559. The van der Waals surface area contributed by atoms with E-state index in [1.807, 2.05) is 20.8 Å². The van der Waals surface area contributed by atoms with Gasteiger partial charge in [-0.05, 0) is 20.8 Å². The molecule has 0 bridgehead atoms. The van der Waals surface area contributed by atoms with Gasteiger partial charge in [-0.15, -0.1) is 0 Å². The Labute approximate surface area is 78.2 Å². The zero-order chi connectivity index (χ0) is 9.64. The van der Waals surface area contributed by atoms with Crippen LogP contribution in [0.25, 0.3) is 0 Å². The number of ether oxygens (including phenoxy) is 2. The number of rotatable bonds is 0. The van der Waals surface area contributed by atoms with Gasteiger partial charge in [0.25, 0.3) is 0 Å². The molecule has 4 heteroatoms. The highest BCUT2D eigenvalue weighted by Crippen LogP contribution is 2.33. The summed E-state index contributed by atoms with van der Waals surface area (Å²) in [5.41, 5.74) is 0. The Balaban J connectivity index is 2.14. The van der Waals surface area contributed by atoms with Gasteiger partial charge in [-0.3, -0.25) is 0 Å². The Morgan fingerprint density at radius 1 is 1.31 bits per heavy atom. The zero-order valence-electron chi connectivity index (χ0n) is 8.28. The van der Waals surface area contributed by atoms with Crippen LogP contribution in [0.3, 0.4) is 0 Å². The van der Waals surface area contributed by atoms with Crippen molar-refractivity contribution in [3.63, 3.8) is 0 Å².